The summed E-state index contributed by atoms with van der Waals surface area (Å²) >= 11 is 0. The minimum atomic E-state index is -0.00449. The van der Waals surface area contributed by atoms with Gasteiger partial charge in [-0.05, 0) is 42.0 Å². The standard InChI is InChI=1S/C25H24N4O3/c1-2-31-22-10-9-18-6-3-4-7-19(18)23(22)24(30)28-13-15-29(16-14-28)25-26-12-11-20(27-25)21-8-5-17-32-21/h3-12,17H,2,13-16H2,1H3. The first kappa shape index (κ1) is 20.1. The monoisotopic (exact) mass is 428 g/mol. The maximum atomic E-state index is 13.5. The van der Waals surface area contributed by atoms with Crippen molar-refractivity contribution in [1.29, 1.82) is 0 Å². The number of piperazine rings is 1. The molecule has 1 saturated heterocycles. The minimum absolute atomic E-state index is 0.00449. The maximum Gasteiger partial charge on any atom is 0.258 e. The molecule has 0 unspecified atom stereocenters. The van der Waals surface area contributed by atoms with Crippen LogP contribution in [0.1, 0.15) is 17.3 Å². The lowest BCUT2D eigenvalue weighted by atomic mass is 10.0. The van der Waals surface area contributed by atoms with Gasteiger partial charge in [-0.25, -0.2) is 9.97 Å². The van der Waals surface area contributed by atoms with Crippen LogP contribution in [0.2, 0.25) is 0 Å². The lowest BCUT2D eigenvalue weighted by Gasteiger charge is -2.35. The van der Waals surface area contributed by atoms with Gasteiger partial charge in [-0.1, -0.05) is 30.3 Å². The van der Waals surface area contributed by atoms with Gasteiger partial charge in [0, 0.05) is 32.4 Å². The number of amides is 1. The van der Waals surface area contributed by atoms with Crippen LogP contribution in [0.3, 0.4) is 0 Å². The number of ether oxygens (including phenoxy) is 1. The van der Waals surface area contributed by atoms with Crippen molar-refractivity contribution < 1.29 is 13.9 Å². The number of anilines is 1. The summed E-state index contributed by atoms with van der Waals surface area (Å²) in [4.78, 5) is 26.6. The molecule has 4 aromatic rings. The van der Waals surface area contributed by atoms with Crippen LogP contribution in [0.25, 0.3) is 22.2 Å². The Labute approximate surface area is 186 Å². The summed E-state index contributed by atoms with van der Waals surface area (Å²) in [5.74, 6) is 1.98. The van der Waals surface area contributed by atoms with E-state index in [2.05, 4.69) is 14.9 Å². The van der Waals surface area contributed by atoms with Gasteiger partial charge < -0.3 is 19.0 Å². The van der Waals surface area contributed by atoms with Gasteiger partial charge in [-0.2, -0.15) is 0 Å². The van der Waals surface area contributed by atoms with E-state index in [9.17, 15) is 4.79 Å². The second-order valence-corrected chi connectivity index (χ2v) is 7.59. The van der Waals surface area contributed by atoms with Gasteiger partial charge in [0.1, 0.15) is 11.4 Å². The van der Waals surface area contributed by atoms with Gasteiger partial charge in [0.05, 0.1) is 18.4 Å². The van der Waals surface area contributed by atoms with Crippen molar-refractivity contribution in [3.63, 3.8) is 0 Å². The molecule has 162 valence electrons. The molecule has 0 spiro atoms. The average molecular weight is 428 g/mol. The Balaban J connectivity index is 1.36. The summed E-state index contributed by atoms with van der Waals surface area (Å²) in [6.07, 6.45) is 3.37. The van der Waals surface area contributed by atoms with Crippen LogP contribution in [0, 0.1) is 0 Å². The molecule has 0 N–H and O–H groups in total. The molecule has 1 aliphatic rings. The van der Waals surface area contributed by atoms with Crippen molar-refractivity contribution in [1.82, 2.24) is 14.9 Å². The Morgan fingerprint density at radius 2 is 1.88 bits per heavy atom. The van der Waals surface area contributed by atoms with Gasteiger partial charge >= 0.3 is 0 Å². The fourth-order valence-corrected chi connectivity index (χ4v) is 4.08. The van der Waals surface area contributed by atoms with E-state index in [1.807, 2.05) is 66.4 Å². The van der Waals surface area contributed by atoms with E-state index >= 15 is 0 Å². The van der Waals surface area contributed by atoms with Gasteiger partial charge in [0.25, 0.3) is 5.91 Å². The molecule has 7 heteroatoms. The Morgan fingerprint density at radius 1 is 1.03 bits per heavy atom. The molecule has 1 fully saturated rings. The zero-order chi connectivity index (χ0) is 21.9. The van der Waals surface area contributed by atoms with Crippen LogP contribution >= 0.6 is 0 Å². The first-order chi connectivity index (χ1) is 15.7. The van der Waals surface area contributed by atoms with Crippen LogP contribution in [0.15, 0.2) is 71.5 Å². The van der Waals surface area contributed by atoms with Crippen molar-refractivity contribution in [2.45, 2.75) is 6.92 Å². The minimum Gasteiger partial charge on any atom is -0.493 e. The van der Waals surface area contributed by atoms with Crippen LogP contribution in [0.4, 0.5) is 5.95 Å². The van der Waals surface area contributed by atoms with Crippen LogP contribution in [0.5, 0.6) is 5.75 Å². The highest BCUT2D eigenvalue weighted by atomic mass is 16.5. The molecule has 1 amide bonds. The Bertz CT molecular complexity index is 1230. The number of carbonyl (C=O) groups excluding carboxylic acids is 1. The molecule has 32 heavy (non-hydrogen) atoms. The molecular formula is C25H24N4O3. The largest absolute Gasteiger partial charge is 0.493 e. The number of furan rings is 1. The number of carbonyl (C=O) groups is 1. The molecule has 2 aromatic heterocycles. The van der Waals surface area contributed by atoms with E-state index in [0.29, 0.717) is 55.8 Å². The summed E-state index contributed by atoms with van der Waals surface area (Å²) in [6, 6.07) is 17.4. The van der Waals surface area contributed by atoms with Gasteiger partial charge in [0.15, 0.2) is 5.76 Å². The lowest BCUT2D eigenvalue weighted by Crippen LogP contribution is -2.49. The Kier molecular flexibility index (Phi) is 5.46. The SMILES string of the molecule is CCOc1ccc2ccccc2c1C(=O)N1CCN(c2nccc(-c3ccco3)n2)CC1. The third-order valence-electron chi connectivity index (χ3n) is 5.67. The highest BCUT2D eigenvalue weighted by molar-refractivity contribution is 6.09. The average Bonchev–Trinajstić information content (AvgIpc) is 3.39. The lowest BCUT2D eigenvalue weighted by molar-refractivity contribution is 0.0744. The number of hydrogen-bond donors (Lipinski definition) is 0. The van der Waals surface area contributed by atoms with E-state index in [0.717, 1.165) is 16.5 Å². The van der Waals surface area contributed by atoms with Crippen molar-refractivity contribution in [3.8, 4) is 17.2 Å². The normalized spacial score (nSPS) is 14.0. The summed E-state index contributed by atoms with van der Waals surface area (Å²) in [6.45, 7) is 4.92. The third-order valence-corrected chi connectivity index (χ3v) is 5.67. The molecule has 0 atom stereocenters. The Hall–Kier alpha value is -3.87. The second kappa shape index (κ2) is 8.70. The fourth-order valence-electron chi connectivity index (χ4n) is 4.08. The van der Waals surface area contributed by atoms with E-state index in [-0.39, 0.29) is 5.91 Å². The van der Waals surface area contributed by atoms with Crippen molar-refractivity contribution in [2.75, 3.05) is 37.7 Å². The molecule has 1 aliphatic heterocycles. The molecule has 0 radical (unpaired) electrons. The number of rotatable bonds is 5. The molecule has 5 rings (SSSR count). The topological polar surface area (TPSA) is 71.7 Å². The Morgan fingerprint density at radius 3 is 2.66 bits per heavy atom. The predicted octanol–water partition coefficient (Wildman–Crippen LogP) is 4.25. The van der Waals surface area contributed by atoms with E-state index in [4.69, 9.17) is 9.15 Å². The molecule has 0 bridgehead atoms. The molecule has 0 aliphatic carbocycles. The van der Waals surface area contributed by atoms with Crippen molar-refractivity contribution >= 4 is 22.6 Å². The first-order valence-electron chi connectivity index (χ1n) is 10.8. The molecular weight excluding hydrogens is 404 g/mol. The van der Waals surface area contributed by atoms with Crippen LogP contribution < -0.4 is 9.64 Å². The summed E-state index contributed by atoms with van der Waals surface area (Å²) in [5.41, 5.74) is 1.38. The fraction of sp³-hybridized carbons (Fsp3) is 0.240. The van der Waals surface area contributed by atoms with Crippen molar-refractivity contribution in [2.24, 2.45) is 0 Å². The molecule has 3 heterocycles. The van der Waals surface area contributed by atoms with Gasteiger partial charge in [-0.3, -0.25) is 4.79 Å². The molecule has 7 nitrogen and oxygen atoms in total. The van der Waals surface area contributed by atoms with E-state index < -0.39 is 0 Å². The molecule has 0 saturated carbocycles. The van der Waals surface area contributed by atoms with Crippen LogP contribution in [-0.2, 0) is 0 Å². The smallest absolute Gasteiger partial charge is 0.258 e. The summed E-state index contributed by atoms with van der Waals surface area (Å²) in [5, 5.41) is 1.95. The highest BCUT2D eigenvalue weighted by Crippen LogP contribution is 2.30. The number of nitrogens with zero attached hydrogens (tertiary/aromatic N) is 4. The highest BCUT2D eigenvalue weighted by Gasteiger charge is 2.27. The summed E-state index contributed by atoms with van der Waals surface area (Å²) < 4.78 is 11.3. The first-order valence-corrected chi connectivity index (χ1v) is 10.8. The maximum absolute atomic E-state index is 13.5. The number of benzene rings is 2. The van der Waals surface area contributed by atoms with Gasteiger partial charge in [-0.15, -0.1) is 0 Å². The van der Waals surface area contributed by atoms with Crippen molar-refractivity contribution in [3.05, 3.63) is 72.6 Å². The molecule has 2 aromatic carbocycles. The number of hydrogen-bond acceptors (Lipinski definition) is 6. The van der Waals surface area contributed by atoms with E-state index in [1.165, 1.54) is 0 Å². The third kappa shape index (κ3) is 3.77. The quantitative estimate of drug-likeness (QED) is 0.473. The predicted molar refractivity (Wildman–Crippen MR) is 123 cm³/mol. The second-order valence-electron chi connectivity index (χ2n) is 7.59. The number of aromatic nitrogens is 2. The number of fused-ring (bicyclic) bond motifs is 1. The van der Waals surface area contributed by atoms with Crippen LogP contribution in [-0.4, -0.2) is 53.6 Å². The summed E-state index contributed by atoms with van der Waals surface area (Å²) in [7, 11) is 0. The van der Waals surface area contributed by atoms with E-state index in [1.54, 1.807) is 12.5 Å². The zero-order valence-corrected chi connectivity index (χ0v) is 17.9. The zero-order valence-electron chi connectivity index (χ0n) is 17.9. The van der Waals surface area contributed by atoms with Gasteiger partial charge in [0.2, 0.25) is 5.95 Å².